The number of carbonyl (C=O) groups excluding carboxylic acids is 3. The van der Waals surface area contributed by atoms with Crippen LogP contribution in [0.25, 0.3) is 10.9 Å². The Morgan fingerprint density at radius 1 is 1.23 bits per heavy atom. The van der Waals surface area contributed by atoms with Crippen molar-refractivity contribution in [3.05, 3.63) is 53.0 Å². The molecule has 0 aliphatic rings. The minimum absolute atomic E-state index is 0.0696. The van der Waals surface area contributed by atoms with Crippen molar-refractivity contribution in [1.82, 2.24) is 4.57 Å². The number of amides is 2. The smallest absolute Gasteiger partial charge is 0.310 e. The van der Waals surface area contributed by atoms with E-state index in [0.29, 0.717) is 5.00 Å². The highest BCUT2D eigenvalue weighted by atomic mass is 32.1. The maximum absolute atomic E-state index is 12.1. The van der Waals surface area contributed by atoms with E-state index < -0.39 is 24.4 Å². The Morgan fingerprint density at radius 3 is 2.77 bits per heavy atom. The minimum Gasteiger partial charge on any atom is -0.455 e. The zero-order valence-electron chi connectivity index (χ0n) is 14.0. The maximum Gasteiger partial charge on any atom is 0.310 e. The van der Waals surface area contributed by atoms with Crippen LogP contribution >= 0.6 is 11.3 Å². The number of nitrogens with one attached hydrogen (secondary N) is 1. The van der Waals surface area contributed by atoms with Gasteiger partial charge in [0.25, 0.3) is 11.8 Å². The SMILES string of the molecule is Cn1cc(CC(=O)OCC(=O)Nc2sccc2C(N)=O)c2ccccc21. The molecule has 0 bridgehead atoms. The number of rotatable bonds is 6. The predicted molar refractivity (Wildman–Crippen MR) is 99.0 cm³/mol. The summed E-state index contributed by atoms with van der Waals surface area (Å²) < 4.78 is 6.98. The second kappa shape index (κ2) is 7.40. The molecule has 0 aliphatic heterocycles. The first kappa shape index (κ1) is 17.7. The molecule has 2 amide bonds. The van der Waals surface area contributed by atoms with E-state index >= 15 is 0 Å². The molecule has 26 heavy (non-hydrogen) atoms. The zero-order valence-corrected chi connectivity index (χ0v) is 14.8. The standard InChI is InChI=1S/C18H17N3O4S/c1-21-9-11(12-4-2-3-5-14(12)21)8-16(23)25-10-15(22)20-18-13(17(19)24)6-7-26-18/h2-7,9H,8,10H2,1H3,(H2,19,24)(H,20,22). The fourth-order valence-corrected chi connectivity index (χ4v) is 3.49. The summed E-state index contributed by atoms with van der Waals surface area (Å²) in [5.74, 6) is -1.66. The van der Waals surface area contributed by atoms with Crippen molar-refractivity contribution in [1.29, 1.82) is 0 Å². The van der Waals surface area contributed by atoms with Crippen molar-refractivity contribution in [2.45, 2.75) is 6.42 Å². The largest absolute Gasteiger partial charge is 0.455 e. The average Bonchev–Trinajstić information content (AvgIpc) is 3.19. The molecular weight excluding hydrogens is 354 g/mol. The van der Waals surface area contributed by atoms with Crippen LogP contribution in [-0.4, -0.2) is 29.0 Å². The molecule has 0 aliphatic carbocycles. The number of nitrogens with zero attached hydrogens (tertiary/aromatic N) is 1. The number of para-hydroxylation sites is 1. The Hall–Kier alpha value is -3.13. The van der Waals surface area contributed by atoms with Crippen molar-refractivity contribution in [3.8, 4) is 0 Å². The van der Waals surface area contributed by atoms with Crippen LogP contribution in [0.1, 0.15) is 15.9 Å². The highest BCUT2D eigenvalue weighted by molar-refractivity contribution is 7.14. The van der Waals surface area contributed by atoms with Gasteiger partial charge in [0.05, 0.1) is 12.0 Å². The second-order valence-corrected chi connectivity index (χ2v) is 6.61. The fourth-order valence-electron chi connectivity index (χ4n) is 2.68. The third kappa shape index (κ3) is 3.75. The minimum atomic E-state index is -0.630. The first-order valence-corrected chi connectivity index (χ1v) is 8.69. The van der Waals surface area contributed by atoms with Crippen molar-refractivity contribution in [3.63, 3.8) is 0 Å². The molecule has 0 spiro atoms. The normalized spacial score (nSPS) is 10.7. The first-order valence-electron chi connectivity index (χ1n) is 7.81. The lowest BCUT2D eigenvalue weighted by molar-refractivity contribution is -0.146. The van der Waals surface area contributed by atoms with Crippen molar-refractivity contribution in [2.75, 3.05) is 11.9 Å². The van der Waals surface area contributed by atoms with Crippen LogP contribution in [0.3, 0.4) is 0 Å². The van der Waals surface area contributed by atoms with Gasteiger partial charge in [-0.2, -0.15) is 0 Å². The van der Waals surface area contributed by atoms with Crippen LogP contribution in [0.5, 0.6) is 0 Å². The Morgan fingerprint density at radius 2 is 2.00 bits per heavy atom. The molecule has 0 atom stereocenters. The van der Waals surface area contributed by atoms with E-state index in [1.807, 2.05) is 42.1 Å². The van der Waals surface area contributed by atoms with Gasteiger partial charge in [-0.1, -0.05) is 18.2 Å². The van der Waals surface area contributed by atoms with Gasteiger partial charge in [-0.25, -0.2) is 0 Å². The average molecular weight is 371 g/mol. The van der Waals surface area contributed by atoms with Crippen LogP contribution in [0.4, 0.5) is 5.00 Å². The van der Waals surface area contributed by atoms with Gasteiger partial charge in [0.2, 0.25) is 0 Å². The summed E-state index contributed by atoms with van der Waals surface area (Å²) in [5.41, 5.74) is 7.30. The second-order valence-electron chi connectivity index (χ2n) is 5.70. The highest BCUT2D eigenvalue weighted by Gasteiger charge is 2.15. The molecule has 8 heteroatoms. The molecule has 7 nitrogen and oxygen atoms in total. The van der Waals surface area contributed by atoms with Gasteiger partial charge >= 0.3 is 5.97 Å². The number of esters is 1. The molecule has 3 aromatic rings. The molecule has 3 rings (SSSR count). The molecule has 0 saturated carbocycles. The number of ether oxygens (including phenoxy) is 1. The molecule has 134 valence electrons. The van der Waals surface area contributed by atoms with E-state index in [1.165, 1.54) is 17.4 Å². The number of aromatic nitrogens is 1. The Kier molecular flexibility index (Phi) is 5.04. The maximum atomic E-state index is 12.1. The predicted octanol–water partition coefficient (Wildman–Crippen LogP) is 2.06. The van der Waals surface area contributed by atoms with E-state index in [9.17, 15) is 14.4 Å². The Bertz CT molecular complexity index is 989. The summed E-state index contributed by atoms with van der Waals surface area (Å²) in [5, 5.41) is 5.48. The summed E-state index contributed by atoms with van der Waals surface area (Å²) in [6.07, 6.45) is 1.94. The quantitative estimate of drug-likeness (QED) is 0.647. The summed E-state index contributed by atoms with van der Waals surface area (Å²) in [6.45, 7) is -0.431. The van der Waals surface area contributed by atoms with Gasteiger partial charge in [-0.15, -0.1) is 11.3 Å². The molecule has 0 fully saturated rings. The highest BCUT2D eigenvalue weighted by Crippen LogP contribution is 2.23. The fraction of sp³-hybridized carbons (Fsp3) is 0.167. The number of hydrogen-bond donors (Lipinski definition) is 2. The topological polar surface area (TPSA) is 103 Å². The zero-order chi connectivity index (χ0) is 18.7. The third-order valence-corrected chi connectivity index (χ3v) is 4.69. The Labute approximate surface area is 153 Å². The van der Waals surface area contributed by atoms with Gasteiger partial charge in [-0.05, 0) is 23.1 Å². The molecule has 1 aromatic carbocycles. The van der Waals surface area contributed by atoms with Crippen molar-refractivity contribution >= 4 is 45.0 Å². The molecule has 2 heterocycles. The number of nitrogens with two attached hydrogens (primary N) is 1. The van der Waals surface area contributed by atoms with Crippen LogP contribution in [0.15, 0.2) is 41.9 Å². The van der Waals surface area contributed by atoms with Gasteiger partial charge in [0.1, 0.15) is 5.00 Å². The van der Waals surface area contributed by atoms with Gasteiger partial charge in [-0.3, -0.25) is 14.4 Å². The first-order chi connectivity index (χ1) is 12.5. The van der Waals surface area contributed by atoms with Gasteiger partial charge in [0, 0.05) is 24.1 Å². The molecular formula is C18H17N3O4S. The number of carbonyl (C=O) groups is 3. The number of aryl methyl sites for hydroxylation is 1. The van der Waals surface area contributed by atoms with Crippen molar-refractivity contribution in [2.24, 2.45) is 12.8 Å². The monoisotopic (exact) mass is 371 g/mol. The lowest BCUT2D eigenvalue weighted by atomic mass is 10.1. The summed E-state index contributed by atoms with van der Waals surface area (Å²) in [4.78, 5) is 35.2. The molecule has 0 unspecified atom stereocenters. The van der Waals surface area contributed by atoms with Gasteiger partial charge < -0.3 is 20.4 Å². The number of benzene rings is 1. The number of thiophene rings is 1. The summed E-state index contributed by atoms with van der Waals surface area (Å²) >= 11 is 1.17. The number of hydrogen-bond acceptors (Lipinski definition) is 5. The number of anilines is 1. The number of primary amides is 1. The molecule has 0 saturated heterocycles. The van der Waals surface area contributed by atoms with Crippen LogP contribution in [0.2, 0.25) is 0 Å². The van der Waals surface area contributed by atoms with Crippen LogP contribution < -0.4 is 11.1 Å². The van der Waals surface area contributed by atoms with Gasteiger partial charge in [0.15, 0.2) is 6.61 Å². The lowest BCUT2D eigenvalue weighted by Gasteiger charge is -2.06. The van der Waals surface area contributed by atoms with E-state index in [4.69, 9.17) is 10.5 Å². The number of fused-ring (bicyclic) bond motifs is 1. The van der Waals surface area contributed by atoms with Crippen molar-refractivity contribution < 1.29 is 19.1 Å². The molecule has 3 N–H and O–H groups in total. The van der Waals surface area contributed by atoms with E-state index in [2.05, 4.69) is 5.32 Å². The van der Waals surface area contributed by atoms with Crippen LogP contribution in [-0.2, 0) is 27.8 Å². The van der Waals surface area contributed by atoms with E-state index in [1.54, 1.807) is 5.38 Å². The molecule has 2 aromatic heterocycles. The van der Waals surface area contributed by atoms with E-state index in [0.717, 1.165) is 16.5 Å². The molecule has 0 radical (unpaired) electrons. The third-order valence-electron chi connectivity index (χ3n) is 3.86. The van der Waals surface area contributed by atoms with E-state index in [-0.39, 0.29) is 12.0 Å². The Balaban J connectivity index is 1.57. The summed E-state index contributed by atoms with van der Waals surface area (Å²) in [6, 6.07) is 9.26. The van der Waals surface area contributed by atoms with Crippen LogP contribution in [0, 0.1) is 0 Å². The lowest BCUT2D eigenvalue weighted by Crippen LogP contribution is -2.22. The summed E-state index contributed by atoms with van der Waals surface area (Å²) in [7, 11) is 1.90.